The number of aryl methyl sites for hydroxylation is 1. The van der Waals surface area contributed by atoms with Crippen LogP contribution in [0.15, 0.2) is 48.5 Å². The number of carbonyl (C=O) groups is 3. The summed E-state index contributed by atoms with van der Waals surface area (Å²) in [6, 6.07) is 12.7. The molecule has 1 aliphatic heterocycles. The molecule has 1 heterocycles. The van der Waals surface area contributed by atoms with Gasteiger partial charge < -0.3 is 25.2 Å². The Bertz CT molecular complexity index is 1000. The number of phenolic OH excluding ortho intramolecular Hbond substituents is 2. The molecule has 1 aliphatic rings. The Morgan fingerprint density at radius 2 is 1.62 bits per heavy atom. The van der Waals surface area contributed by atoms with E-state index in [0.717, 1.165) is 11.1 Å². The van der Waals surface area contributed by atoms with Crippen LogP contribution in [0.25, 0.3) is 0 Å². The lowest BCUT2D eigenvalue weighted by Crippen LogP contribution is -2.58. The minimum Gasteiger partial charge on any atom is -0.508 e. The number of nitrogens with zero attached hydrogens (tertiary/aromatic N) is 1. The predicted octanol–water partition coefficient (Wildman–Crippen LogP) is 2.70. The van der Waals surface area contributed by atoms with Gasteiger partial charge in [0, 0.05) is 19.4 Å². The molecule has 0 saturated carbocycles. The highest BCUT2D eigenvalue weighted by Crippen LogP contribution is 2.23. The number of ether oxygens (including phenoxy) is 1. The van der Waals surface area contributed by atoms with Crippen molar-refractivity contribution in [3.05, 3.63) is 59.7 Å². The van der Waals surface area contributed by atoms with Gasteiger partial charge in [-0.25, -0.2) is 4.79 Å². The third kappa shape index (κ3) is 6.27. The van der Waals surface area contributed by atoms with Crippen LogP contribution in [-0.4, -0.2) is 58.1 Å². The maximum atomic E-state index is 13.2. The lowest BCUT2D eigenvalue weighted by atomic mass is 9.92. The molecular weight excluding hydrogens is 436 g/mol. The molecule has 1 saturated heterocycles. The number of likely N-dealkylation sites (tertiary alicyclic amines) is 1. The topological polar surface area (TPSA) is 116 Å². The summed E-state index contributed by atoms with van der Waals surface area (Å²) in [4.78, 5) is 40.3. The van der Waals surface area contributed by atoms with Gasteiger partial charge in [-0.05, 0) is 68.0 Å². The molecule has 1 fully saturated rings. The highest BCUT2D eigenvalue weighted by Gasteiger charge is 2.41. The SMILES string of the molecule is COC(=O)[C@](C)(Cc1ccc(O)cc1)NC(=O)[C@@H]1CCCN1C(=O)CCCc1ccc(O)cc1. The van der Waals surface area contributed by atoms with Crippen LogP contribution in [0.3, 0.4) is 0 Å². The van der Waals surface area contributed by atoms with Crippen molar-refractivity contribution in [2.75, 3.05) is 13.7 Å². The number of amides is 2. The summed E-state index contributed by atoms with van der Waals surface area (Å²) in [6.07, 6.45) is 3.07. The van der Waals surface area contributed by atoms with Crippen LogP contribution in [0.5, 0.6) is 11.5 Å². The second-order valence-corrected chi connectivity index (χ2v) is 8.92. The van der Waals surface area contributed by atoms with Crippen molar-refractivity contribution in [3.63, 3.8) is 0 Å². The molecule has 2 aromatic carbocycles. The third-order valence-electron chi connectivity index (χ3n) is 6.20. The van der Waals surface area contributed by atoms with E-state index in [9.17, 15) is 24.6 Å². The molecule has 0 unspecified atom stereocenters. The second-order valence-electron chi connectivity index (χ2n) is 8.92. The van der Waals surface area contributed by atoms with Crippen LogP contribution < -0.4 is 5.32 Å². The number of hydrogen-bond acceptors (Lipinski definition) is 6. The van der Waals surface area contributed by atoms with Gasteiger partial charge in [-0.3, -0.25) is 9.59 Å². The zero-order valence-electron chi connectivity index (χ0n) is 19.6. The number of phenols is 2. The highest BCUT2D eigenvalue weighted by atomic mass is 16.5. The average Bonchev–Trinajstić information content (AvgIpc) is 3.31. The molecule has 2 atom stereocenters. The molecule has 0 aromatic heterocycles. The molecule has 0 aliphatic carbocycles. The molecule has 8 nitrogen and oxygen atoms in total. The van der Waals surface area contributed by atoms with Gasteiger partial charge in [0.1, 0.15) is 23.1 Å². The Morgan fingerprint density at radius 1 is 1.03 bits per heavy atom. The van der Waals surface area contributed by atoms with E-state index in [2.05, 4.69) is 5.32 Å². The molecule has 182 valence electrons. The van der Waals surface area contributed by atoms with Crippen LogP contribution in [-0.2, 0) is 32.0 Å². The van der Waals surface area contributed by atoms with Crippen LogP contribution in [0.4, 0.5) is 0 Å². The molecule has 3 rings (SSSR count). The summed E-state index contributed by atoms with van der Waals surface area (Å²) in [6.45, 7) is 2.10. The summed E-state index contributed by atoms with van der Waals surface area (Å²) in [5, 5.41) is 21.7. The van der Waals surface area contributed by atoms with E-state index in [1.54, 1.807) is 36.1 Å². The molecule has 0 spiro atoms. The first-order valence-electron chi connectivity index (χ1n) is 11.5. The van der Waals surface area contributed by atoms with Crippen molar-refractivity contribution < 1.29 is 29.3 Å². The first-order valence-corrected chi connectivity index (χ1v) is 11.5. The lowest BCUT2D eigenvalue weighted by Gasteiger charge is -2.31. The van der Waals surface area contributed by atoms with Crippen LogP contribution in [0.2, 0.25) is 0 Å². The van der Waals surface area contributed by atoms with E-state index < -0.39 is 17.6 Å². The van der Waals surface area contributed by atoms with Gasteiger partial charge >= 0.3 is 5.97 Å². The fourth-order valence-corrected chi connectivity index (χ4v) is 4.36. The number of benzene rings is 2. The van der Waals surface area contributed by atoms with E-state index in [1.807, 2.05) is 12.1 Å². The van der Waals surface area contributed by atoms with Gasteiger partial charge in [0.25, 0.3) is 0 Å². The summed E-state index contributed by atoms with van der Waals surface area (Å²) in [5.74, 6) is -0.738. The first kappa shape index (κ1) is 25.1. The Kier molecular flexibility index (Phi) is 8.15. The van der Waals surface area contributed by atoms with E-state index in [1.165, 1.54) is 19.2 Å². The van der Waals surface area contributed by atoms with Gasteiger partial charge in [-0.15, -0.1) is 0 Å². The number of hydrogen-bond donors (Lipinski definition) is 3. The zero-order chi connectivity index (χ0) is 24.7. The van der Waals surface area contributed by atoms with Crippen LogP contribution >= 0.6 is 0 Å². The number of esters is 1. The Hall–Kier alpha value is -3.55. The fourth-order valence-electron chi connectivity index (χ4n) is 4.36. The van der Waals surface area contributed by atoms with Crippen molar-refractivity contribution >= 4 is 17.8 Å². The van der Waals surface area contributed by atoms with Crippen molar-refractivity contribution in [1.29, 1.82) is 0 Å². The van der Waals surface area contributed by atoms with E-state index in [4.69, 9.17) is 4.74 Å². The normalized spacial score (nSPS) is 17.1. The van der Waals surface area contributed by atoms with Gasteiger partial charge in [0.05, 0.1) is 7.11 Å². The standard InChI is InChI=1S/C26H32N2O6/c1-26(25(33)34-2,17-19-10-14-21(30)15-11-19)27-24(32)22-6-4-16-28(22)23(31)7-3-5-18-8-12-20(29)13-9-18/h8-15,22,29-30H,3-7,16-17H2,1-2H3,(H,27,32)/t22-,26-/m0/s1. The average molecular weight is 469 g/mol. The van der Waals surface area contributed by atoms with Crippen LogP contribution in [0, 0.1) is 0 Å². The lowest BCUT2D eigenvalue weighted by molar-refractivity contribution is -0.151. The third-order valence-corrected chi connectivity index (χ3v) is 6.20. The summed E-state index contributed by atoms with van der Waals surface area (Å²) < 4.78 is 4.95. The Morgan fingerprint density at radius 3 is 2.21 bits per heavy atom. The smallest absolute Gasteiger partial charge is 0.331 e. The highest BCUT2D eigenvalue weighted by molar-refractivity contribution is 5.93. The maximum absolute atomic E-state index is 13.2. The number of carbonyl (C=O) groups excluding carboxylic acids is 3. The van der Waals surface area contributed by atoms with Crippen molar-refractivity contribution in [3.8, 4) is 11.5 Å². The van der Waals surface area contributed by atoms with Gasteiger partial charge in [-0.2, -0.15) is 0 Å². The van der Waals surface area contributed by atoms with Crippen LogP contribution in [0.1, 0.15) is 43.7 Å². The number of nitrogens with one attached hydrogen (secondary N) is 1. The molecule has 2 amide bonds. The first-order chi connectivity index (χ1) is 16.2. The molecular formula is C26H32N2O6. The van der Waals surface area contributed by atoms with Crippen molar-refractivity contribution in [2.45, 2.75) is 57.0 Å². The Balaban J connectivity index is 1.62. The summed E-state index contributed by atoms with van der Waals surface area (Å²) >= 11 is 0. The number of rotatable bonds is 9. The fraction of sp³-hybridized carbons (Fsp3) is 0.423. The molecule has 0 bridgehead atoms. The van der Waals surface area contributed by atoms with Crippen molar-refractivity contribution in [2.24, 2.45) is 0 Å². The van der Waals surface area contributed by atoms with Gasteiger partial charge in [0.15, 0.2) is 0 Å². The molecule has 0 radical (unpaired) electrons. The second kappa shape index (κ2) is 11.0. The zero-order valence-corrected chi connectivity index (χ0v) is 19.6. The quantitative estimate of drug-likeness (QED) is 0.488. The number of aromatic hydroxyl groups is 2. The van der Waals surface area contributed by atoms with E-state index in [0.29, 0.717) is 38.6 Å². The summed E-state index contributed by atoms with van der Waals surface area (Å²) in [5.41, 5.74) is 0.461. The van der Waals surface area contributed by atoms with Crippen molar-refractivity contribution in [1.82, 2.24) is 10.2 Å². The minimum atomic E-state index is -1.32. The predicted molar refractivity (Wildman–Crippen MR) is 126 cm³/mol. The summed E-state index contributed by atoms with van der Waals surface area (Å²) in [7, 11) is 1.27. The van der Waals surface area contributed by atoms with E-state index in [-0.39, 0.29) is 29.7 Å². The van der Waals surface area contributed by atoms with Gasteiger partial charge in [-0.1, -0.05) is 24.3 Å². The molecule has 34 heavy (non-hydrogen) atoms. The largest absolute Gasteiger partial charge is 0.508 e. The Labute approximate surface area is 199 Å². The molecule has 2 aromatic rings. The monoisotopic (exact) mass is 468 g/mol. The van der Waals surface area contributed by atoms with Gasteiger partial charge in [0.2, 0.25) is 11.8 Å². The number of methoxy groups -OCH3 is 1. The maximum Gasteiger partial charge on any atom is 0.331 e. The molecule has 8 heteroatoms. The molecule has 3 N–H and O–H groups in total. The minimum absolute atomic E-state index is 0.0882. The van der Waals surface area contributed by atoms with E-state index >= 15 is 0 Å².